The number of nitrogens with two attached hydrogens (primary N) is 1. The third-order valence-electron chi connectivity index (χ3n) is 3.02. The largest absolute Gasteiger partial charge is 0.495 e. The van der Waals surface area contributed by atoms with Gasteiger partial charge in [0.2, 0.25) is 10.0 Å². The van der Waals surface area contributed by atoms with Crippen LogP contribution in [0, 0.1) is 6.92 Å². The number of pyridine rings is 1. The van der Waals surface area contributed by atoms with Gasteiger partial charge in [-0.05, 0) is 36.8 Å². The van der Waals surface area contributed by atoms with E-state index in [2.05, 4.69) is 9.71 Å². The van der Waals surface area contributed by atoms with Crippen molar-refractivity contribution in [3.05, 3.63) is 47.8 Å². The van der Waals surface area contributed by atoms with Gasteiger partial charge in [-0.3, -0.25) is 4.98 Å². The molecular weight excluding hydrogens is 290 g/mol. The smallest absolute Gasteiger partial charge is 0.244 e. The Balaban J connectivity index is 2.27. The SMILES string of the molecule is COc1ccc(N)cc1S(=O)(=O)NCc1ncccc1C. The number of hydrogen-bond donors (Lipinski definition) is 2. The van der Waals surface area contributed by atoms with Crippen molar-refractivity contribution >= 4 is 15.7 Å². The van der Waals surface area contributed by atoms with Gasteiger partial charge < -0.3 is 10.5 Å². The number of nitrogens with one attached hydrogen (secondary N) is 1. The summed E-state index contributed by atoms with van der Waals surface area (Å²) in [6.07, 6.45) is 1.62. The Hall–Kier alpha value is -2.12. The van der Waals surface area contributed by atoms with Crippen LogP contribution >= 0.6 is 0 Å². The average Bonchev–Trinajstić information content (AvgIpc) is 2.46. The zero-order valence-electron chi connectivity index (χ0n) is 11.8. The first kappa shape index (κ1) is 15.3. The van der Waals surface area contributed by atoms with Crippen LogP contribution in [0.4, 0.5) is 5.69 Å². The number of ether oxygens (including phenoxy) is 1. The van der Waals surface area contributed by atoms with Crippen LogP contribution in [-0.4, -0.2) is 20.5 Å². The lowest BCUT2D eigenvalue weighted by molar-refractivity contribution is 0.402. The Morgan fingerprint density at radius 1 is 1.33 bits per heavy atom. The molecule has 6 nitrogen and oxygen atoms in total. The molecule has 0 aliphatic heterocycles. The monoisotopic (exact) mass is 307 g/mol. The van der Waals surface area contributed by atoms with E-state index in [0.29, 0.717) is 11.4 Å². The van der Waals surface area contributed by atoms with Gasteiger partial charge in [0.1, 0.15) is 10.6 Å². The van der Waals surface area contributed by atoms with Crippen molar-refractivity contribution in [1.82, 2.24) is 9.71 Å². The highest BCUT2D eigenvalue weighted by Crippen LogP contribution is 2.25. The van der Waals surface area contributed by atoms with Gasteiger partial charge in [-0.25, -0.2) is 13.1 Å². The van der Waals surface area contributed by atoms with E-state index >= 15 is 0 Å². The van der Waals surface area contributed by atoms with Gasteiger partial charge in [-0.15, -0.1) is 0 Å². The number of nitrogen functional groups attached to an aromatic ring is 1. The number of aryl methyl sites for hydroxylation is 1. The van der Waals surface area contributed by atoms with Crippen molar-refractivity contribution in [2.45, 2.75) is 18.4 Å². The van der Waals surface area contributed by atoms with E-state index in [1.807, 2.05) is 13.0 Å². The summed E-state index contributed by atoms with van der Waals surface area (Å²) in [5.74, 6) is 0.245. The van der Waals surface area contributed by atoms with Crippen LogP contribution in [0.2, 0.25) is 0 Å². The van der Waals surface area contributed by atoms with Gasteiger partial charge in [0.05, 0.1) is 19.3 Å². The Labute approximate surface area is 124 Å². The lowest BCUT2D eigenvalue weighted by Crippen LogP contribution is -2.24. The Bertz CT molecular complexity index is 745. The molecule has 112 valence electrons. The fourth-order valence-corrected chi connectivity index (χ4v) is 3.04. The third-order valence-corrected chi connectivity index (χ3v) is 4.45. The maximum atomic E-state index is 12.4. The van der Waals surface area contributed by atoms with Crippen LogP contribution in [-0.2, 0) is 16.6 Å². The van der Waals surface area contributed by atoms with Crippen LogP contribution in [0.1, 0.15) is 11.3 Å². The second-order valence-electron chi connectivity index (χ2n) is 4.50. The number of rotatable bonds is 5. The van der Waals surface area contributed by atoms with E-state index in [4.69, 9.17) is 10.5 Å². The molecular formula is C14H17N3O3S. The molecule has 0 aliphatic carbocycles. The summed E-state index contributed by atoms with van der Waals surface area (Å²) in [4.78, 5) is 4.16. The molecule has 0 saturated heterocycles. The molecule has 0 atom stereocenters. The summed E-state index contributed by atoms with van der Waals surface area (Å²) in [6.45, 7) is 1.98. The standard InChI is InChI=1S/C14H17N3O3S/c1-10-4-3-7-16-12(10)9-17-21(18,19)14-8-11(15)5-6-13(14)20-2/h3-8,17H,9,15H2,1-2H3. The van der Waals surface area contributed by atoms with Gasteiger partial charge in [0.15, 0.2) is 0 Å². The molecule has 2 aromatic rings. The predicted octanol–water partition coefficient (Wildman–Crippen LogP) is 1.46. The second-order valence-corrected chi connectivity index (χ2v) is 6.24. The quantitative estimate of drug-likeness (QED) is 0.816. The maximum absolute atomic E-state index is 12.4. The summed E-state index contributed by atoms with van der Waals surface area (Å²) in [5.41, 5.74) is 7.59. The number of sulfonamides is 1. The predicted molar refractivity (Wildman–Crippen MR) is 80.4 cm³/mol. The van der Waals surface area contributed by atoms with E-state index in [0.717, 1.165) is 5.56 Å². The van der Waals surface area contributed by atoms with E-state index in [-0.39, 0.29) is 17.2 Å². The summed E-state index contributed by atoms with van der Waals surface area (Å²) in [7, 11) is -2.33. The Kier molecular flexibility index (Phi) is 4.44. The molecule has 1 aromatic carbocycles. The van der Waals surface area contributed by atoms with Crippen molar-refractivity contribution in [3.8, 4) is 5.75 Å². The van der Waals surface area contributed by atoms with Gasteiger partial charge in [-0.1, -0.05) is 6.07 Å². The molecule has 2 rings (SSSR count). The molecule has 0 unspecified atom stereocenters. The molecule has 0 spiro atoms. The summed E-state index contributed by atoms with van der Waals surface area (Å²) >= 11 is 0. The molecule has 1 aromatic heterocycles. The first-order valence-electron chi connectivity index (χ1n) is 6.27. The van der Waals surface area contributed by atoms with Crippen molar-refractivity contribution in [1.29, 1.82) is 0 Å². The molecule has 3 N–H and O–H groups in total. The molecule has 0 bridgehead atoms. The lowest BCUT2D eigenvalue weighted by Gasteiger charge is -2.12. The van der Waals surface area contributed by atoms with E-state index < -0.39 is 10.0 Å². The number of anilines is 1. The maximum Gasteiger partial charge on any atom is 0.244 e. The van der Waals surface area contributed by atoms with E-state index in [1.165, 1.54) is 19.2 Å². The fraction of sp³-hybridized carbons (Fsp3) is 0.214. The van der Waals surface area contributed by atoms with Gasteiger partial charge in [-0.2, -0.15) is 0 Å². The number of hydrogen-bond acceptors (Lipinski definition) is 5. The summed E-state index contributed by atoms with van der Waals surface area (Å²) in [5, 5.41) is 0. The van der Waals surface area contributed by atoms with Crippen molar-refractivity contribution in [3.63, 3.8) is 0 Å². The van der Waals surface area contributed by atoms with E-state index in [1.54, 1.807) is 18.3 Å². The van der Waals surface area contributed by atoms with Crippen LogP contribution in [0.15, 0.2) is 41.4 Å². The van der Waals surface area contributed by atoms with Gasteiger partial charge in [0, 0.05) is 11.9 Å². The highest BCUT2D eigenvalue weighted by atomic mass is 32.2. The lowest BCUT2D eigenvalue weighted by atomic mass is 10.2. The molecule has 7 heteroatoms. The summed E-state index contributed by atoms with van der Waals surface area (Å²) < 4.78 is 32.3. The normalized spacial score (nSPS) is 11.3. The molecule has 0 amide bonds. The van der Waals surface area contributed by atoms with Crippen molar-refractivity contribution in [2.75, 3.05) is 12.8 Å². The van der Waals surface area contributed by atoms with Crippen molar-refractivity contribution < 1.29 is 13.2 Å². The minimum absolute atomic E-state index is 0.0126. The van der Waals surface area contributed by atoms with Gasteiger partial charge >= 0.3 is 0 Å². The number of nitrogens with zero attached hydrogens (tertiary/aromatic N) is 1. The second kappa shape index (κ2) is 6.11. The minimum Gasteiger partial charge on any atom is -0.495 e. The van der Waals surface area contributed by atoms with Crippen LogP contribution < -0.4 is 15.2 Å². The molecule has 1 heterocycles. The van der Waals surface area contributed by atoms with E-state index in [9.17, 15) is 8.42 Å². The van der Waals surface area contributed by atoms with Crippen LogP contribution in [0.25, 0.3) is 0 Å². The zero-order valence-corrected chi connectivity index (χ0v) is 12.6. The molecule has 0 fully saturated rings. The van der Waals surface area contributed by atoms with Crippen LogP contribution in [0.3, 0.4) is 0 Å². The number of methoxy groups -OCH3 is 1. The minimum atomic E-state index is -3.74. The molecule has 0 aliphatic rings. The third kappa shape index (κ3) is 3.50. The topological polar surface area (TPSA) is 94.3 Å². The van der Waals surface area contributed by atoms with Crippen LogP contribution in [0.5, 0.6) is 5.75 Å². The first-order valence-corrected chi connectivity index (χ1v) is 7.76. The Morgan fingerprint density at radius 3 is 2.76 bits per heavy atom. The Morgan fingerprint density at radius 2 is 2.10 bits per heavy atom. The van der Waals surface area contributed by atoms with Gasteiger partial charge in [0.25, 0.3) is 0 Å². The fourth-order valence-electron chi connectivity index (χ4n) is 1.85. The first-order chi connectivity index (χ1) is 9.94. The highest BCUT2D eigenvalue weighted by molar-refractivity contribution is 7.89. The highest BCUT2D eigenvalue weighted by Gasteiger charge is 2.20. The average molecular weight is 307 g/mol. The molecule has 21 heavy (non-hydrogen) atoms. The molecule has 0 saturated carbocycles. The zero-order chi connectivity index (χ0) is 15.5. The number of aromatic nitrogens is 1. The summed E-state index contributed by atoms with van der Waals surface area (Å²) in [6, 6.07) is 8.15. The van der Waals surface area contributed by atoms with Crippen molar-refractivity contribution in [2.24, 2.45) is 0 Å². The molecule has 0 radical (unpaired) electrons. The number of benzene rings is 1.